The van der Waals surface area contributed by atoms with E-state index < -0.39 is 0 Å². The molecule has 1 N–H and O–H groups in total. The van der Waals surface area contributed by atoms with Crippen molar-refractivity contribution in [3.05, 3.63) is 35.2 Å². The van der Waals surface area contributed by atoms with Gasteiger partial charge in [0.1, 0.15) is 0 Å². The molecule has 20 heavy (non-hydrogen) atoms. The fraction of sp³-hybridized carbons (Fsp3) is 0.500. The summed E-state index contributed by atoms with van der Waals surface area (Å²) >= 11 is 0. The first-order valence-electron chi connectivity index (χ1n) is 6.69. The van der Waals surface area contributed by atoms with Crippen LogP contribution in [0.3, 0.4) is 0 Å². The third-order valence-electron chi connectivity index (χ3n) is 3.59. The molecule has 108 valence electrons. The van der Waals surface area contributed by atoms with Crippen LogP contribution in [0.2, 0.25) is 0 Å². The Morgan fingerprint density at radius 2 is 1.95 bits per heavy atom. The van der Waals surface area contributed by atoms with Crippen molar-refractivity contribution in [2.75, 3.05) is 13.7 Å². The van der Waals surface area contributed by atoms with E-state index in [4.69, 9.17) is 0 Å². The van der Waals surface area contributed by atoms with E-state index in [9.17, 15) is 5.11 Å². The van der Waals surface area contributed by atoms with Crippen molar-refractivity contribution < 1.29 is 5.11 Å². The molecule has 0 radical (unpaired) electrons. The zero-order valence-corrected chi connectivity index (χ0v) is 12.4. The summed E-state index contributed by atoms with van der Waals surface area (Å²) in [5.41, 5.74) is 3.30. The van der Waals surface area contributed by atoms with Crippen LogP contribution < -0.4 is 0 Å². The van der Waals surface area contributed by atoms with Gasteiger partial charge in [0.2, 0.25) is 0 Å². The van der Waals surface area contributed by atoms with Crippen LogP contribution in [0.1, 0.15) is 23.9 Å². The third kappa shape index (κ3) is 2.86. The van der Waals surface area contributed by atoms with Gasteiger partial charge in [-0.25, -0.2) is 0 Å². The summed E-state index contributed by atoms with van der Waals surface area (Å²) in [7, 11) is 1.95. The van der Waals surface area contributed by atoms with Crippen molar-refractivity contribution in [1.82, 2.24) is 25.1 Å². The summed E-state index contributed by atoms with van der Waals surface area (Å²) in [5.74, 6) is 0.769. The summed E-state index contributed by atoms with van der Waals surface area (Å²) in [6, 6.07) is 6.19. The van der Waals surface area contributed by atoms with Crippen LogP contribution in [0.25, 0.3) is 5.69 Å². The highest BCUT2D eigenvalue weighted by Crippen LogP contribution is 2.19. The van der Waals surface area contributed by atoms with Crippen molar-refractivity contribution in [1.29, 1.82) is 0 Å². The van der Waals surface area contributed by atoms with Gasteiger partial charge in [0, 0.05) is 6.04 Å². The molecule has 1 aromatic carbocycles. The van der Waals surface area contributed by atoms with Crippen molar-refractivity contribution in [3.63, 3.8) is 0 Å². The van der Waals surface area contributed by atoms with Gasteiger partial charge in [-0.05, 0) is 49.4 Å². The van der Waals surface area contributed by atoms with Gasteiger partial charge < -0.3 is 5.11 Å². The van der Waals surface area contributed by atoms with Crippen LogP contribution >= 0.6 is 0 Å². The van der Waals surface area contributed by atoms with Crippen LogP contribution in [0.5, 0.6) is 0 Å². The number of aryl methyl sites for hydroxylation is 2. The zero-order valence-electron chi connectivity index (χ0n) is 12.4. The van der Waals surface area contributed by atoms with E-state index in [0.717, 1.165) is 22.6 Å². The third-order valence-corrected chi connectivity index (χ3v) is 3.59. The van der Waals surface area contributed by atoms with Gasteiger partial charge in [-0.1, -0.05) is 18.2 Å². The number of nitrogens with zero attached hydrogens (tertiary/aromatic N) is 5. The molecule has 1 heterocycles. The Hall–Kier alpha value is -1.79. The normalized spacial score (nSPS) is 12.9. The molecule has 2 aromatic rings. The molecule has 0 amide bonds. The van der Waals surface area contributed by atoms with Gasteiger partial charge in [-0.15, -0.1) is 5.10 Å². The first-order chi connectivity index (χ1) is 9.54. The van der Waals surface area contributed by atoms with Crippen molar-refractivity contribution in [2.24, 2.45) is 0 Å². The molecule has 6 nitrogen and oxygen atoms in total. The number of benzene rings is 1. The second kappa shape index (κ2) is 6.11. The highest BCUT2D eigenvalue weighted by atomic mass is 16.3. The largest absolute Gasteiger partial charge is 0.395 e. The highest BCUT2D eigenvalue weighted by Gasteiger charge is 2.16. The van der Waals surface area contributed by atoms with Gasteiger partial charge in [0.15, 0.2) is 5.82 Å². The summed E-state index contributed by atoms with van der Waals surface area (Å²) < 4.78 is 1.78. The van der Waals surface area contributed by atoms with Crippen molar-refractivity contribution in [2.45, 2.75) is 33.4 Å². The van der Waals surface area contributed by atoms with Crippen LogP contribution in [-0.4, -0.2) is 49.9 Å². The molecule has 6 heteroatoms. The minimum atomic E-state index is 0.0677. The molecule has 0 fully saturated rings. The summed E-state index contributed by atoms with van der Waals surface area (Å²) in [6.07, 6.45) is 0. The van der Waals surface area contributed by atoms with Crippen LogP contribution in [0.4, 0.5) is 0 Å². The summed E-state index contributed by atoms with van der Waals surface area (Å²) in [4.78, 5) is 2.02. The van der Waals surface area contributed by atoms with E-state index in [1.165, 1.54) is 0 Å². The second-order valence-corrected chi connectivity index (χ2v) is 5.19. The molecule has 0 saturated heterocycles. The standard InChI is InChI=1S/C14H21N5O/c1-10-6-5-7-11(2)14(10)19-13(15-16-17-19)8-18(4)12(3)9-20/h5-7,12,20H,8-9H2,1-4H3. The van der Waals surface area contributed by atoms with Crippen molar-refractivity contribution in [3.8, 4) is 5.69 Å². The smallest absolute Gasteiger partial charge is 0.170 e. The SMILES string of the molecule is Cc1cccc(C)c1-n1nnnc1CN(C)C(C)CO. The maximum Gasteiger partial charge on any atom is 0.170 e. The minimum Gasteiger partial charge on any atom is -0.395 e. The molecular formula is C14H21N5O. The Kier molecular flexibility index (Phi) is 4.46. The molecule has 0 saturated carbocycles. The summed E-state index contributed by atoms with van der Waals surface area (Å²) in [5, 5.41) is 21.2. The van der Waals surface area contributed by atoms with E-state index in [2.05, 4.69) is 15.5 Å². The van der Waals surface area contributed by atoms with Gasteiger partial charge in [0.25, 0.3) is 0 Å². The average Bonchev–Trinajstić information content (AvgIpc) is 2.85. The number of hydrogen-bond acceptors (Lipinski definition) is 5. The average molecular weight is 275 g/mol. The van der Waals surface area contributed by atoms with Gasteiger partial charge in [-0.2, -0.15) is 4.68 Å². The summed E-state index contributed by atoms with van der Waals surface area (Å²) in [6.45, 7) is 6.76. The molecule has 1 atom stereocenters. The number of likely N-dealkylation sites (N-methyl/N-ethyl adjacent to an activating group) is 1. The van der Waals surface area contributed by atoms with E-state index in [-0.39, 0.29) is 12.6 Å². The monoisotopic (exact) mass is 275 g/mol. The van der Waals surface area contributed by atoms with E-state index in [1.54, 1.807) is 4.68 Å². The fourth-order valence-corrected chi connectivity index (χ4v) is 2.14. The van der Waals surface area contributed by atoms with Gasteiger partial charge in [0.05, 0.1) is 18.8 Å². The van der Waals surface area contributed by atoms with E-state index in [1.807, 2.05) is 50.9 Å². The maximum absolute atomic E-state index is 9.21. The molecule has 0 bridgehead atoms. The fourth-order valence-electron chi connectivity index (χ4n) is 2.14. The quantitative estimate of drug-likeness (QED) is 0.885. The highest BCUT2D eigenvalue weighted by molar-refractivity contribution is 5.46. The Balaban J connectivity index is 2.34. The Labute approximate surface area is 119 Å². The Morgan fingerprint density at radius 1 is 1.30 bits per heavy atom. The predicted molar refractivity (Wildman–Crippen MR) is 76.6 cm³/mol. The number of tetrazole rings is 1. The first kappa shape index (κ1) is 14.6. The lowest BCUT2D eigenvalue weighted by Crippen LogP contribution is -2.32. The van der Waals surface area contributed by atoms with E-state index in [0.29, 0.717) is 6.54 Å². The molecule has 1 aromatic heterocycles. The Bertz CT molecular complexity index is 560. The molecule has 0 aliphatic carbocycles. The van der Waals surface area contributed by atoms with Crippen LogP contribution in [0, 0.1) is 13.8 Å². The number of aliphatic hydroxyl groups is 1. The number of para-hydroxylation sites is 1. The first-order valence-corrected chi connectivity index (χ1v) is 6.69. The molecule has 0 aliphatic rings. The predicted octanol–water partition coefficient (Wildman–Crippen LogP) is 1.09. The van der Waals surface area contributed by atoms with Crippen LogP contribution in [0.15, 0.2) is 18.2 Å². The molecule has 0 spiro atoms. The number of hydrogen-bond donors (Lipinski definition) is 1. The number of rotatable bonds is 5. The van der Waals surface area contributed by atoms with Gasteiger partial charge in [-0.3, -0.25) is 4.90 Å². The minimum absolute atomic E-state index is 0.0677. The Morgan fingerprint density at radius 3 is 2.55 bits per heavy atom. The maximum atomic E-state index is 9.21. The second-order valence-electron chi connectivity index (χ2n) is 5.19. The molecule has 0 aliphatic heterocycles. The molecular weight excluding hydrogens is 254 g/mol. The lowest BCUT2D eigenvalue weighted by molar-refractivity contribution is 0.151. The lowest BCUT2D eigenvalue weighted by atomic mass is 10.1. The van der Waals surface area contributed by atoms with E-state index >= 15 is 0 Å². The topological polar surface area (TPSA) is 67.1 Å². The van der Waals surface area contributed by atoms with Crippen LogP contribution in [-0.2, 0) is 6.54 Å². The number of aliphatic hydroxyl groups excluding tert-OH is 1. The van der Waals surface area contributed by atoms with Gasteiger partial charge >= 0.3 is 0 Å². The lowest BCUT2D eigenvalue weighted by Gasteiger charge is -2.22. The molecule has 2 rings (SSSR count). The van der Waals surface area contributed by atoms with Crippen molar-refractivity contribution >= 4 is 0 Å². The number of aromatic nitrogens is 4. The molecule has 1 unspecified atom stereocenters. The zero-order chi connectivity index (χ0) is 14.7.